The molecule has 4 rings (SSSR count). The highest BCUT2D eigenvalue weighted by Gasteiger charge is 2.41. The van der Waals surface area contributed by atoms with E-state index in [1.807, 2.05) is 42.9 Å². The summed E-state index contributed by atoms with van der Waals surface area (Å²) in [5.41, 5.74) is 6.05. The number of pyridine rings is 2. The first-order valence-corrected chi connectivity index (χ1v) is 10.4. The van der Waals surface area contributed by atoms with E-state index in [-0.39, 0.29) is 12.1 Å². The van der Waals surface area contributed by atoms with E-state index in [1.54, 1.807) is 0 Å². The van der Waals surface area contributed by atoms with Gasteiger partial charge in [-0.3, -0.25) is 9.97 Å². The van der Waals surface area contributed by atoms with Crippen LogP contribution >= 0.6 is 12.2 Å². The summed E-state index contributed by atoms with van der Waals surface area (Å²) in [6.07, 6.45) is 5.51. The Kier molecular flexibility index (Phi) is 5.37. The molecule has 3 aromatic heterocycles. The third-order valence-corrected chi connectivity index (χ3v) is 6.01. The number of rotatable bonds is 5. The number of hydrogen-bond acceptors (Lipinski definition) is 3. The van der Waals surface area contributed by atoms with Crippen LogP contribution in [0.5, 0.6) is 0 Å². The predicted molar refractivity (Wildman–Crippen MR) is 120 cm³/mol. The summed E-state index contributed by atoms with van der Waals surface area (Å²) in [7, 11) is 0. The molecule has 0 amide bonds. The van der Waals surface area contributed by atoms with Crippen molar-refractivity contribution in [1.29, 1.82) is 0 Å². The first kappa shape index (κ1) is 19.6. The summed E-state index contributed by atoms with van der Waals surface area (Å²) in [6, 6.07) is 13.0. The van der Waals surface area contributed by atoms with Crippen LogP contribution in [0.4, 0.5) is 0 Å². The molecular formula is C23H27N5S. The van der Waals surface area contributed by atoms with Gasteiger partial charge in [0.2, 0.25) is 0 Å². The lowest BCUT2D eigenvalue weighted by Gasteiger charge is -2.28. The Bertz CT molecular complexity index is 997. The van der Waals surface area contributed by atoms with Gasteiger partial charge in [-0.05, 0) is 81.4 Å². The minimum Gasteiger partial charge on any atom is -0.352 e. The van der Waals surface area contributed by atoms with E-state index >= 15 is 0 Å². The molecule has 0 bridgehead atoms. The fourth-order valence-corrected chi connectivity index (χ4v) is 4.80. The molecule has 1 aliphatic heterocycles. The largest absolute Gasteiger partial charge is 0.352 e. The van der Waals surface area contributed by atoms with E-state index in [4.69, 9.17) is 12.2 Å². The molecule has 3 aromatic rings. The molecule has 6 heteroatoms. The molecule has 0 aromatic carbocycles. The zero-order valence-electron chi connectivity index (χ0n) is 17.3. The third-order valence-electron chi connectivity index (χ3n) is 5.66. The summed E-state index contributed by atoms with van der Waals surface area (Å²) in [6.45, 7) is 9.58. The second kappa shape index (κ2) is 7.95. The van der Waals surface area contributed by atoms with Gasteiger partial charge >= 0.3 is 0 Å². The lowest BCUT2D eigenvalue weighted by atomic mass is 9.96. The minimum atomic E-state index is 0.00616. The maximum atomic E-state index is 5.79. The van der Waals surface area contributed by atoms with Gasteiger partial charge < -0.3 is 14.8 Å². The average Bonchev–Trinajstić information content (AvgIpc) is 3.19. The topological polar surface area (TPSA) is 46.0 Å². The Morgan fingerprint density at radius 1 is 1.10 bits per heavy atom. The van der Waals surface area contributed by atoms with Crippen molar-refractivity contribution in [1.82, 2.24) is 24.8 Å². The van der Waals surface area contributed by atoms with Gasteiger partial charge in [0.15, 0.2) is 5.11 Å². The smallest absolute Gasteiger partial charge is 0.170 e. The van der Waals surface area contributed by atoms with Gasteiger partial charge in [0.1, 0.15) is 0 Å². The fraction of sp³-hybridized carbons (Fsp3) is 0.348. The summed E-state index contributed by atoms with van der Waals surface area (Å²) in [5, 5.41) is 4.31. The maximum absolute atomic E-state index is 5.79. The van der Waals surface area contributed by atoms with Crippen LogP contribution in [0, 0.1) is 13.8 Å². The van der Waals surface area contributed by atoms with Crippen molar-refractivity contribution in [2.45, 2.75) is 52.4 Å². The van der Waals surface area contributed by atoms with Gasteiger partial charge in [-0.2, -0.15) is 0 Å². The van der Waals surface area contributed by atoms with Gasteiger partial charge in [0.05, 0.1) is 17.8 Å². The quantitative estimate of drug-likeness (QED) is 0.626. The predicted octanol–water partition coefficient (Wildman–Crippen LogP) is 4.65. The second-order valence-corrected chi connectivity index (χ2v) is 8.29. The van der Waals surface area contributed by atoms with Crippen LogP contribution in [0.2, 0.25) is 0 Å². The molecule has 2 atom stereocenters. The zero-order chi connectivity index (χ0) is 20.5. The van der Waals surface area contributed by atoms with Crippen LogP contribution in [-0.2, 0) is 6.54 Å². The van der Waals surface area contributed by atoms with Crippen LogP contribution in [0.3, 0.4) is 0 Å². The lowest BCUT2D eigenvalue weighted by molar-refractivity contribution is 0.309. The molecule has 0 radical (unpaired) electrons. The molecule has 150 valence electrons. The molecule has 5 nitrogen and oxygen atoms in total. The van der Waals surface area contributed by atoms with Crippen LogP contribution in [0.25, 0.3) is 0 Å². The Morgan fingerprint density at radius 3 is 2.48 bits per heavy atom. The van der Waals surface area contributed by atoms with E-state index in [9.17, 15) is 0 Å². The van der Waals surface area contributed by atoms with E-state index in [0.29, 0.717) is 6.04 Å². The van der Waals surface area contributed by atoms with E-state index in [2.05, 4.69) is 64.6 Å². The summed E-state index contributed by atoms with van der Waals surface area (Å²) < 4.78 is 2.40. The number of nitrogens with one attached hydrogen (secondary N) is 1. The molecule has 29 heavy (non-hydrogen) atoms. The number of nitrogens with zero attached hydrogens (tertiary/aromatic N) is 4. The Labute approximate surface area is 177 Å². The van der Waals surface area contributed by atoms with Crippen molar-refractivity contribution in [3.63, 3.8) is 0 Å². The number of thiocarbonyl (C=S) groups is 1. The van der Waals surface area contributed by atoms with Gasteiger partial charge in [-0.15, -0.1) is 0 Å². The Balaban J connectivity index is 1.81. The highest BCUT2D eigenvalue weighted by atomic mass is 32.1. The zero-order valence-corrected chi connectivity index (χ0v) is 18.1. The van der Waals surface area contributed by atoms with Gasteiger partial charge in [-0.25, -0.2) is 0 Å². The van der Waals surface area contributed by atoms with E-state index in [1.165, 1.54) is 22.5 Å². The summed E-state index contributed by atoms with van der Waals surface area (Å²) >= 11 is 5.79. The number of hydrogen-bond donors (Lipinski definition) is 1. The van der Waals surface area contributed by atoms with Crippen molar-refractivity contribution >= 4 is 17.3 Å². The molecule has 1 aliphatic rings. The second-order valence-electron chi connectivity index (χ2n) is 7.90. The number of aromatic nitrogens is 3. The Hall–Kier alpha value is -2.73. The average molecular weight is 406 g/mol. The minimum absolute atomic E-state index is 0.00616. The fourth-order valence-electron chi connectivity index (χ4n) is 4.50. The van der Waals surface area contributed by atoms with Crippen molar-refractivity contribution in [2.75, 3.05) is 0 Å². The molecule has 1 N–H and O–H groups in total. The third kappa shape index (κ3) is 3.65. The normalized spacial score (nSPS) is 19.1. The molecule has 0 spiro atoms. The molecule has 1 fully saturated rings. The molecule has 0 unspecified atom stereocenters. The van der Waals surface area contributed by atoms with Crippen molar-refractivity contribution in [2.24, 2.45) is 0 Å². The number of aryl methyl sites for hydroxylation is 1. The molecule has 4 heterocycles. The molecule has 1 saturated heterocycles. The summed E-state index contributed by atoms with van der Waals surface area (Å²) in [4.78, 5) is 11.1. The lowest BCUT2D eigenvalue weighted by Crippen LogP contribution is -2.29. The molecule has 0 aliphatic carbocycles. The van der Waals surface area contributed by atoms with Crippen LogP contribution in [-0.4, -0.2) is 24.5 Å². The SMILES string of the molecule is Cc1cc([C@H]2[C@@H](c3ccccn3)NC(=S)N2Cc2ccncc2)c(C)n1C(C)C. The van der Waals surface area contributed by atoms with Crippen LogP contribution < -0.4 is 5.32 Å². The van der Waals surface area contributed by atoms with Gasteiger partial charge in [0.25, 0.3) is 0 Å². The van der Waals surface area contributed by atoms with Crippen LogP contribution in [0.1, 0.15) is 60.2 Å². The highest BCUT2D eigenvalue weighted by Crippen LogP contribution is 2.42. The highest BCUT2D eigenvalue weighted by molar-refractivity contribution is 7.80. The molecule has 0 saturated carbocycles. The first-order valence-electron chi connectivity index (χ1n) is 10.0. The first-order chi connectivity index (χ1) is 14.0. The monoisotopic (exact) mass is 405 g/mol. The van der Waals surface area contributed by atoms with E-state index < -0.39 is 0 Å². The Morgan fingerprint density at radius 2 is 1.86 bits per heavy atom. The van der Waals surface area contributed by atoms with Crippen molar-refractivity contribution < 1.29 is 0 Å². The molecular weight excluding hydrogens is 378 g/mol. The summed E-state index contributed by atoms with van der Waals surface area (Å²) in [5.74, 6) is 0. The standard InChI is InChI=1S/C23H27N5S/c1-15(2)28-16(3)13-19(17(28)4)22-21(20-7-5-6-10-25-20)26-23(29)27(22)14-18-8-11-24-12-9-18/h5-13,15,21-22H,14H2,1-4H3,(H,26,29)/t21-,22+/m1/s1. The van der Waals surface area contributed by atoms with Crippen molar-refractivity contribution in [3.05, 3.63) is 83.2 Å². The van der Waals surface area contributed by atoms with Gasteiger partial charge in [0, 0.05) is 42.6 Å². The van der Waals surface area contributed by atoms with Crippen molar-refractivity contribution in [3.8, 4) is 0 Å². The van der Waals surface area contributed by atoms with E-state index in [0.717, 1.165) is 17.4 Å². The van der Waals surface area contributed by atoms with Gasteiger partial charge in [-0.1, -0.05) is 6.07 Å². The maximum Gasteiger partial charge on any atom is 0.170 e. The van der Waals surface area contributed by atoms with Crippen LogP contribution in [0.15, 0.2) is 55.0 Å².